The van der Waals surface area contributed by atoms with Crippen LogP contribution in [0.25, 0.3) is 0 Å². The molecule has 18 heavy (non-hydrogen) atoms. The standard InChI is InChI=1S/C15H16BrNO/c1-11-8-15(7-4-13(11)9-17)18-10-12-2-5-14(16)6-3-12/h2-8H,9-10,17H2,1H3. The SMILES string of the molecule is Cc1cc(OCc2ccc(Br)cc2)ccc1CN. The van der Waals surface area contributed by atoms with E-state index in [-0.39, 0.29) is 0 Å². The van der Waals surface area contributed by atoms with Crippen molar-refractivity contribution in [3.8, 4) is 5.75 Å². The van der Waals surface area contributed by atoms with E-state index in [0.29, 0.717) is 13.2 Å². The molecule has 0 aliphatic heterocycles. The van der Waals surface area contributed by atoms with Crippen LogP contribution in [0.2, 0.25) is 0 Å². The normalized spacial score (nSPS) is 10.4. The summed E-state index contributed by atoms with van der Waals surface area (Å²) >= 11 is 3.41. The van der Waals surface area contributed by atoms with Gasteiger partial charge in [-0.15, -0.1) is 0 Å². The number of halogens is 1. The summed E-state index contributed by atoms with van der Waals surface area (Å²) in [5.41, 5.74) is 9.12. The van der Waals surface area contributed by atoms with Gasteiger partial charge in [0, 0.05) is 11.0 Å². The number of nitrogens with two attached hydrogens (primary N) is 1. The van der Waals surface area contributed by atoms with E-state index < -0.39 is 0 Å². The minimum Gasteiger partial charge on any atom is -0.489 e. The summed E-state index contributed by atoms with van der Waals surface area (Å²) in [6, 6.07) is 14.1. The summed E-state index contributed by atoms with van der Waals surface area (Å²) in [6.45, 7) is 3.20. The van der Waals surface area contributed by atoms with Crippen molar-refractivity contribution in [3.05, 3.63) is 63.6 Å². The molecule has 2 nitrogen and oxygen atoms in total. The van der Waals surface area contributed by atoms with Crippen LogP contribution in [0.3, 0.4) is 0 Å². The number of hydrogen-bond donors (Lipinski definition) is 1. The fourth-order valence-corrected chi connectivity index (χ4v) is 2.00. The van der Waals surface area contributed by atoms with Gasteiger partial charge < -0.3 is 10.5 Å². The van der Waals surface area contributed by atoms with Crippen molar-refractivity contribution in [3.63, 3.8) is 0 Å². The monoisotopic (exact) mass is 305 g/mol. The van der Waals surface area contributed by atoms with E-state index >= 15 is 0 Å². The van der Waals surface area contributed by atoms with Gasteiger partial charge >= 0.3 is 0 Å². The number of ether oxygens (including phenoxy) is 1. The van der Waals surface area contributed by atoms with Gasteiger partial charge in [-0.3, -0.25) is 0 Å². The fraction of sp³-hybridized carbons (Fsp3) is 0.200. The second-order valence-electron chi connectivity index (χ2n) is 4.21. The van der Waals surface area contributed by atoms with Crippen molar-refractivity contribution < 1.29 is 4.74 Å². The Morgan fingerprint density at radius 1 is 1.11 bits per heavy atom. The molecule has 0 saturated carbocycles. The first-order valence-corrected chi connectivity index (χ1v) is 6.65. The second-order valence-corrected chi connectivity index (χ2v) is 5.12. The first kappa shape index (κ1) is 13.1. The first-order chi connectivity index (χ1) is 8.69. The Balaban J connectivity index is 2.02. The molecule has 0 aliphatic rings. The van der Waals surface area contributed by atoms with E-state index in [0.717, 1.165) is 21.3 Å². The summed E-state index contributed by atoms with van der Waals surface area (Å²) < 4.78 is 6.83. The highest BCUT2D eigenvalue weighted by atomic mass is 79.9. The van der Waals surface area contributed by atoms with Gasteiger partial charge in [0.15, 0.2) is 0 Å². The van der Waals surface area contributed by atoms with Crippen LogP contribution >= 0.6 is 15.9 Å². The highest BCUT2D eigenvalue weighted by Gasteiger charge is 2.00. The highest BCUT2D eigenvalue weighted by molar-refractivity contribution is 9.10. The predicted molar refractivity (Wildman–Crippen MR) is 77.5 cm³/mol. The van der Waals surface area contributed by atoms with E-state index in [1.54, 1.807) is 0 Å². The lowest BCUT2D eigenvalue weighted by Crippen LogP contribution is -2.00. The van der Waals surface area contributed by atoms with Gasteiger partial charge in [0.05, 0.1) is 0 Å². The molecule has 3 heteroatoms. The topological polar surface area (TPSA) is 35.2 Å². The number of aryl methyl sites for hydroxylation is 1. The van der Waals surface area contributed by atoms with Crippen molar-refractivity contribution >= 4 is 15.9 Å². The van der Waals surface area contributed by atoms with Crippen LogP contribution in [-0.2, 0) is 13.2 Å². The molecule has 0 aliphatic carbocycles. The summed E-state index contributed by atoms with van der Waals surface area (Å²) in [5.74, 6) is 0.882. The van der Waals surface area contributed by atoms with Crippen LogP contribution in [0.15, 0.2) is 46.9 Å². The molecule has 2 aromatic rings. The second kappa shape index (κ2) is 6.03. The van der Waals surface area contributed by atoms with E-state index in [4.69, 9.17) is 10.5 Å². The van der Waals surface area contributed by atoms with E-state index in [9.17, 15) is 0 Å². The van der Waals surface area contributed by atoms with Crippen molar-refractivity contribution in [1.82, 2.24) is 0 Å². The Hall–Kier alpha value is -1.32. The van der Waals surface area contributed by atoms with Gasteiger partial charge in [0.2, 0.25) is 0 Å². The number of rotatable bonds is 4. The zero-order valence-electron chi connectivity index (χ0n) is 10.3. The molecule has 0 saturated heterocycles. The summed E-state index contributed by atoms with van der Waals surface area (Å²) in [6.07, 6.45) is 0. The minimum atomic E-state index is 0.568. The molecular weight excluding hydrogens is 290 g/mol. The Morgan fingerprint density at radius 3 is 2.44 bits per heavy atom. The zero-order valence-corrected chi connectivity index (χ0v) is 11.9. The largest absolute Gasteiger partial charge is 0.489 e. The third-order valence-electron chi connectivity index (χ3n) is 2.85. The van der Waals surface area contributed by atoms with Gasteiger partial charge in [-0.25, -0.2) is 0 Å². The van der Waals surface area contributed by atoms with E-state index in [2.05, 4.69) is 22.9 Å². The molecule has 94 valence electrons. The maximum atomic E-state index is 5.76. The molecule has 2 rings (SSSR count). The van der Waals surface area contributed by atoms with Crippen molar-refractivity contribution in [2.45, 2.75) is 20.1 Å². The summed E-state index contributed by atoms with van der Waals surface area (Å²) in [5, 5.41) is 0. The van der Waals surface area contributed by atoms with Crippen LogP contribution in [0.1, 0.15) is 16.7 Å². The van der Waals surface area contributed by atoms with Crippen LogP contribution in [0.4, 0.5) is 0 Å². The summed E-state index contributed by atoms with van der Waals surface area (Å²) in [4.78, 5) is 0. The van der Waals surface area contributed by atoms with Gasteiger partial charge in [-0.1, -0.05) is 34.1 Å². The third-order valence-corrected chi connectivity index (χ3v) is 3.38. The minimum absolute atomic E-state index is 0.568. The fourth-order valence-electron chi connectivity index (χ4n) is 1.73. The third kappa shape index (κ3) is 3.34. The quantitative estimate of drug-likeness (QED) is 0.932. The molecule has 0 spiro atoms. The van der Waals surface area contributed by atoms with Crippen molar-refractivity contribution in [2.75, 3.05) is 0 Å². The van der Waals surface area contributed by atoms with Crippen LogP contribution in [-0.4, -0.2) is 0 Å². The average Bonchev–Trinajstić information content (AvgIpc) is 2.38. The van der Waals surface area contributed by atoms with Crippen LogP contribution in [0, 0.1) is 6.92 Å². The van der Waals surface area contributed by atoms with Crippen LogP contribution in [0.5, 0.6) is 5.75 Å². The molecule has 0 bridgehead atoms. The molecule has 0 atom stereocenters. The van der Waals surface area contributed by atoms with E-state index in [1.807, 2.05) is 42.5 Å². The first-order valence-electron chi connectivity index (χ1n) is 5.86. The average molecular weight is 306 g/mol. The molecule has 2 aromatic carbocycles. The zero-order chi connectivity index (χ0) is 13.0. The van der Waals surface area contributed by atoms with Crippen LogP contribution < -0.4 is 10.5 Å². The molecule has 0 unspecified atom stereocenters. The number of hydrogen-bond acceptors (Lipinski definition) is 2. The van der Waals surface area contributed by atoms with Gasteiger partial charge in [-0.05, 0) is 47.9 Å². The smallest absolute Gasteiger partial charge is 0.120 e. The molecule has 2 N–H and O–H groups in total. The maximum Gasteiger partial charge on any atom is 0.120 e. The lowest BCUT2D eigenvalue weighted by atomic mass is 10.1. The van der Waals surface area contributed by atoms with Gasteiger partial charge in [-0.2, -0.15) is 0 Å². The van der Waals surface area contributed by atoms with Gasteiger partial charge in [0.25, 0.3) is 0 Å². The van der Waals surface area contributed by atoms with Crippen molar-refractivity contribution in [2.24, 2.45) is 5.73 Å². The molecular formula is C15H16BrNO. The van der Waals surface area contributed by atoms with Gasteiger partial charge in [0.1, 0.15) is 12.4 Å². The lowest BCUT2D eigenvalue weighted by Gasteiger charge is -2.09. The highest BCUT2D eigenvalue weighted by Crippen LogP contribution is 2.18. The Kier molecular flexibility index (Phi) is 4.39. The Bertz CT molecular complexity index is 523. The van der Waals surface area contributed by atoms with Crippen molar-refractivity contribution in [1.29, 1.82) is 0 Å². The maximum absolute atomic E-state index is 5.76. The molecule has 0 radical (unpaired) electrons. The summed E-state index contributed by atoms with van der Waals surface area (Å²) in [7, 11) is 0. The molecule has 0 amide bonds. The Morgan fingerprint density at radius 2 is 1.83 bits per heavy atom. The van der Waals surface area contributed by atoms with E-state index in [1.165, 1.54) is 5.56 Å². The predicted octanol–water partition coefficient (Wildman–Crippen LogP) is 3.80. The Labute approximate surface area is 116 Å². The molecule has 0 heterocycles. The molecule has 0 aromatic heterocycles. The number of benzene rings is 2. The lowest BCUT2D eigenvalue weighted by molar-refractivity contribution is 0.306. The molecule has 0 fully saturated rings.